The van der Waals surface area contributed by atoms with Crippen molar-refractivity contribution < 1.29 is 4.74 Å². The Hall–Kier alpha value is -1.06. The number of hydrogen-bond donors (Lipinski definition) is 1. The van der Waals surface area contributed by atoms with Gasteiger partial charge in [0.1, 0.15) is 5.75 Å². The molecule has 1 aromatic rings. The number of ether oxygens (including phenoxy) is 1. The zero-order chi connectivity index (χ0) is 13.2. The Kier molecular flexibility index (Phi) is 3.93. The van der Waals surface area contributed by atoms with Crippen molar-refractivity contribution in [2.24, 2.45) is 5.73 Å². The van der Waals surface area contributed by atoms with Crippen LogP contribution in [-0.2, 0) is 13.1 Å². The van der Waals surface area contributed by atoms with Crippen molar-refractivity contribution in [2.45, 2.75) is 45.3 Å². The molecule has 0 aromatic heterocycles. The highest BCUT2D eigenvalue weighted by atomic mass is 16.5. The number of rotatable bonds is 4. The molecule has 1 aliphatic heterocycles. The summed E-state index contributed by atoms with van der Waals surface area (Å²) in [7, 11) is 1.73. The van der Waals surface area contributed by atoms with Crippen LogP contribution in [0, 0.1) is 0 Å². The molecule has 18 heavy (non-hydrogen) atoms. The number of benzene rings is 1. The molecule has 3 heteroatoms. The molecule has 0 spiro atoms. The van der Waals surface area contributed by atoms with E-state index >= 15 is 0 Å². The highest BCUT2D eigenvalue weighted by Crippen LogP contribution is 2.32. The summed E-state index contributed by atoms with van der Waals surface area (Å²) < 4.78 is 5.46. The average molecular weight is 248 g/mol. The summed E-state index contributed by atoms with van der Waals surface area (Å²) in [6, 6.07) is 6.24. The molecule has 0 aliphatic carbocycles. The van der Waals surface area contributed by atoms with Gasteiger partial charge in [-0.3, -0.25) is 4.90 Å². The lowest BCUT2D eigenvalue weighted by atomic mass is 10.0. The second kappa shape index (κ2) is 5.29. The Bertz CT molecular complexity index is 415. The van der Waals surface area contributed by atoms with Crippen molar-refractivity contribution in [3.05, 3.63) is 29.3 Å². The highest BCUT2D eigenvalue weighted by Gasteiger charge is 2.32. The van der Waals surface area contributed by atoms with E-state index in [0.29, 0.717) is 12.1 Å². The number of methoxy groups -OCH3 is 1. The van der Waals surface area contributed by atoms with E-state index in [2.05, 4.69) is 24.8 Å². The standard InChI is InChI=1S/C15H24N2O/c1-15(2)7-4-8-17(15)11-13-9-12(10-16)5-6-14(13)18-3/h5-6,9H,4,7-8,10-11,16H2,1-3H3. The first kappa shape index (κ1) is 13.4. The van der Waals surface area contributed by atoms with Crippen LogP contribution in [0.3, 0.4) is 0 Å². The fourth-order valence-electron chi connectivity index (χ4n) is 2.74. The minimum absolute atomic E-state index is 0.295. The van der Waals surface area contributed by atoms with Crippen molar-refractivity contribution in [2.75, 3.05) is 13.7 Å². The topological polar surface area (TPSA) is 38.5 Å². The van der Waals surface area contributed by atoms with Crippen molar-refractivity contribution in [1.82, 2.24) is 4.90 Å². The minimum atomic E-state index is 0.295. The van der Waals surface area contributed by atoms with Crippen molar-refractivity contribution in [1.29, 1.82) is 0 Å². The molecule has 1 heterocycles. The Morgan fingerprint density at radius 3 is 2.72 bits per heavy atom. The van der Waals surface area contributed by atoms with E-state index in [9.17, 15) is 0 Å². The van der Waals surface area contributed by atoms with E-state index in [1.165, 1.54) is 30.5 Å². The maximum absolute atomic E-state index is 5.72. The molecular formula is C15H24N2O. The lowest BCUT2D eigenvalue weighted by Gasteiger charge is -2.32. The third-order valence-corrected chi connectivity index (χ3v) is 4.01. The maximum atomic E-state index is 5.72. The van der Waals surface area contributed by atoms with Crippen LogP contribution < -0.4 is 10.5 Å². The Morgan fingerprint density at radius 2 is 2.17 bits per heavy atom. The van der Waals surface area contributed by atoms with Crippen LogP contribution in [0.5, 0.6) is 5.75 Å². The van der Waals surface area contributed by atoms with Gasteiger partial charge in [0.15, 0.2) is 0 Å². The van der Waals surface area contributed by atoms with Gasteiger partial charge in [0, 0.05) is 24.2 Å². The number of nitrogens with zero attached hydrogens (tertiary/aromatic N) is 1. The first-order valence-corrected chi connectivity index (χ1v) is 6.68. The molecule has 0 amide bonds. The number of nitrogens with two attached hydrogens (primary N) is 1. The molecule has 3 nitrogen and oxygen atoms in total. The molecule has 0 unspecified atom stereocenters. The fourth-order valence-corrected chi connectivity index (χ4v) is 2.74. The molecule has 1 saturated heterocycles. The molecule has 0 bridgehead atoms. The Morgan fingerprint density at radius 1 is 1.39 bits per heavy atom. The minimum Gasteiger partial charge on any atom is -0.496 e. The first-order valence-electron chi connectivity index (χ1n) is 6.68. The van der Waals surface area contributed by atoms with Crippen LogP contribution in [0.25, 0.3) is 0 Å². The van der Waals surface area contributed by atoms with E-state index in [0.717, 1.165) is 12.3 Å². The molecule has 1 aromatic carbocycles. The van der Waals surface area contributed by atoms with Crippen LogP contribution in [0.4, 0.5) is 0 Å². The summed E-state index contributed by atoms with van der Waals surface area (Å²) in [6.07, 6.45) is 2.55. The van der Waals surface area contributed by atoms with Gasteiger partial charge in [-0.05, 0) is 50.9 Å². The summed E-state index contributed by atoms with van der Waals surface area (Å²) in [5, 5.41) is 0. The predicted octanol–water partition coefficient (Wildman–Crippen LogP) is 2.53. The molecule has 2 rings (SSSR count). The zero-order valence-corrected chi connectivity index (χ0v) is 11.7. The lowest BCUT2D eigenvalue weighted by Crippen LogP contribution is -2.37. The Labute approximate surface area is 110 Å². The third-order valence-electron chi connectivity index (χ3n) is 4.01. The molecule has 1 fully saturated rings. The molecule has 100 valence electrons. The quantitative estimate of drug-likeness (QED) is 0.890. The monoisotopic (exact) mass is 248 g/mol. The van der Waals surface area contributed by atoms with Gasteiger partial charge in [0.2, 0.25) is 0 Å². The highest BCUT2D eigenvalue weighted by molar-refractivity contribution is 5.37. The number of likely N-dealkylation sites (tertiary alicyclic amines) is 1. The summed E-state index contributed by atoms with van der Waals surface area (Å²) in [6.45, 7) is 7.34. The van der Waals surface area contributed by atoms with Gasteiger partial charge in [-0.2, -0.15) is 0 Å². The van der Waals surface area contributed by atoms with Crippen LogP contribution in [0.15, 0.2) is 18.2 Å². The molecule has 0 saturated carbocycles. The van der Waals surface area contributed by atoms with E-state index < -0.39 is 0 Å². The van der Waals surface area contributed by atoms with Crippen LogP contribution in [0.2, 0.25) is 0 Å². The third kappa shape index (κ3) is 2.68. The molecule has 0 atom stereocenters. The van der Waals surface area contributed by atoms with Crippen molar-refractivity contribution in [3.8, 4) is 5.75 Å². The van der Waals surface area contributed by atoms with Crippen LogP contribution in [-0.4, -0.2) is 24.1 Å². The second-order valence-electron chi connectivity index (χ2n) is 5.69. The second-order valence-corrected chi connectivity index (χ2v) is 5.69. The van der Waals surface area contributed by atoms with Crippen molar-refractivity contribution >= 4 is 0 Å². The predicted molar refractivity (Wildman–Crippen MR) is 74.6 cm³/mol. The molecule has 2 N–H and O–H groups in total. The van der Waals surface area contributed by atoms with E-state index in [1.54, 1.807) is 7.11 Å². The van der Waals surface area contributed by atoms with E-state index in [4.69, 9.17) is 10.5 Å². The van der Waals surface area contributed by atoms with Crippen molar-refractivity contribution in [3.63, 3.8) is 0 Å². The molecular weight excluding hydrogens is 224 g/mol. The van der Waals surface area contributed by atoms with Gasteiger partial charge in [-0.25, -0.2) is 0 Å². The molecule has 0 radical (unpaired) electrons. The van der Waals surface area contributed by atoms with Gasteiger partial charge in [-0.15, -0.1) is 0 Å². The molecule has 1 aliphatic rings. The van der Waals surface area contributed by atoms with Crippen LogP contribution in [0.1, 0.15) is 37.8 Å². The van der Waals surface area contributed by atoms with Gasteiger partial charge in [0.05, 0.1) is 7.11 Å². The average Bonchev–Trinajstić information content (AvgIpc) is 2.68. The summed E-state index contributed by atoms with van der Waals surface area (Å²) >= 11 is 0. The maximum Gasteiger partial charge on any atom is 0.123 e. The van der Waals surface area contributed by atoms with Crippen LogP contribution >= 0.6 is 0 Å². The lowest BCUT2D eigenvalue weighted by molar-refractivity contribution is 0.165. The summed E-state index contributed by atoms with van der Waals surface area (Å²) in [4.78, 5) is 2.53. The summed E-state index contributed by atoms with van der Waals surface area (Å²) in [5.41, 5.74) is 8.43. The van der Waals surface area contributed by atoms with E-state index in [-0.39, 0.29) is 0 Å². The van der Waals surface area contributed by atoms with Gasteiger partial charge < -0.3 is 10.5 Å². The Balaban J connectivity index is 2.21. The van der Waals surface area contributed by atoms with E-state index in [1.807, 2.05) is 12.1 Å². The smallest absolute Gasteiger partial charge is 0.123 e. The first-order chi connectivity index (χ1) is 8.56. The SMILES string of the molecule is COc1ccc(CN)cc1CN1CCCC1(C)C. The van der Waals surface area contributed by atoms with Gasteiger partial charge >= 0.3 is 0 Å². The number of hydrogen-bond acceptors (Lipinski definition) is 3. The van der Waals surface area contributed by atoms with Gasteiger partial charge in [0.25, 0.3) is 0 Å². The zero-order valence-electron chi connectivity index (χ0n) is 11.7. The van der Waals surface area contributed by atoms with Gasteiger partial charge in [-0.1, -0.05) is 6.07 Å². The fraction of sp³-hybridized carbons (Fsp3) is 0.600. The summed E-state index contributed by atoms with van der Waals surface area (Å²) in [5.74, 6) is 0.968. The normalized spacial score (nSPS) is 19.1. The largest absolute Gasteiger partial charge is 0.496 e.